The van der Waals surface area contributed by atoms with Gasteiger partial charge in [-0.05, 0) is 30.1 Å². The maximum Gasteiger partial charge on any atom is -0.0298 e. The molecule has 1 fully saturated rings. The average Bonchev–Trinajstić information content (AvgIpc) is 2.08. The summed E-state index contributed by atoms with van der Waals surface area (Å²) in [6, 6.07) is 0. The topological polar surface area (TPSA) is 0 Å². The number of rotatable bonds is 3. The summed E-state index contributed by atoms with van der Waals surface area (Å²) < 4.78 is 0. The third kappa shape index (κ3) is 2.27. The van der Waals surface area contributed by atoms with Gasteiger partial charge in [0.15, 0.2) is 0 Å². The Kier molecular flexibility index (Phi) is 3.82. The quantitative estimate of drug-likeness (QED) is 0.596. The highest BCUT2D eigenvalue weighted by atomic mass is 14.4. The Bertz CT molecular complexity index is 144. The molecule has 0 nitrogen and oxygen atoms in total. The van der Waals surface area contributed by atoms with Crippen LogP contribution in [-0.4, -0.2) is 0 Å². The van der Waals surface area contributed by atoms with Crippen LogP contribution >= 0.6 is 0 Å². The van der Waals surface area contributed by atoms with E-state index in [1.165, 1.54) is 38.5 Å². The van der Waals surface area contributed by atoms with E-state index >= 15 is 0 Å². The van der Waals surface area contributed by atoms with Gasteiger partial charge in [0.1, 0.15) is 0 Å². The van der Waals surface area contributed by atoms with Crippen molar-refractivity contribution in [2.45, 2.75) is 66.2 Å². The second-order valence-electron chi connectivity index (χ2n) is 5.34. The van der Waals surface area contributed by atoms with E-state index in [1.54, 1.807) is 0 Å². The van der Waals surface area contributed by atoms with Crippen LogP contribution in [0.3, 0.4) is 0 Å². The first-order chi connectivity index (χ1) is 6.12. The van der Waals surface area contributed by atoms with Gasteiger partial charge < -0.3 is 0 Å². The van der Waals surface area contributed by atoms with Gasteiger partial charge in [0.25, 0.3) is 0 Å². The van der Waals surface area contributed by atoms with Crippen LogP contribution in [0.1, 0.15) is 66.2 Å². The molecule has 0 aromatic rings. The van der Waals surface area contributed by atoms with Gasteiger partial charge in [-0.2, -0.15) is 0 Å². The molecule has 1 rings (SSSR count). The van der Waals surface area contributed by atoms with Gasteiger partial charge in [-0.25, -0.2) is 0 Å². The number of hydrogen-bond acceptors (Lipinski definition) is 0. The molecule has 1 aliphatic rings. The Labute approximate surface area is 84.1 Å². The summed E-state index contributed by atoms with van der Waals surface area (Å²) in [5, 5.41) is 0. The highest BCUT2D eigenvalue weighted by Gasteiger charge is 2.38. The molecule has 13 heavy (non-hydrogen) atoms. The van der Waals surface area contributed by atoms with Crippen molar-refractivity contribution < 1.29 is 0 Å². The van der Waals surface area contributed by atoms with Crippen molar-refractivity contribution in [3.8, 4) is 0 Å². The molecule has 78 valence electrons. The van der Waals surface area contributed by atoms with E-state index in [-0.39, 0.29) is 0 Å². The molecule has 0 heteroatoms. The average molecular weight is 182 g/mol. The van der Waals surface area contributed by atoms with Crippen molar-refractivity contribution in [2.75, 3.05) is 0 Å². The minimum atomic E-state index is 0.614. The third-order valence-corrected chi connectivity index (χ3v) is 4.34. The van der Waals surface area contributed by atoms with Gasteiger partial charge in [0.2, 0.25) is 0 Å². The Morgan fingerprint density at radius 2 is 1.69 bits per heavy atom. The van der Waals surface area contributed by atoms with Gasteiger partial charge in [0, 0.05) is 0 Å². The van der Waals surface area contributed by atoms with Gasteiger partial charge in [-0.3, -0.25) is 0 Å². The van der Waals surface area contributed by atoms with E-state index in [1.807, 2.05) is 0 Å². The van der Waals surface area contributed by atoms with Gasteiger partial charge in [-0.15, -0.1) is 0 Å². The maximum atomic E-state index is 2.50. The molecule has 0 heterocycles. The normalized spacial score (nSPS) is 33.2. The first kappa shape index (κ1) is 11.1. The van der Waals surface area contributed by atoms with Crippen LogP contribution in [0, 0.1) is 17.3 Å². The lowest BCUT2D eigenvalue weighted by Crippen LogP contribution is -2.36. The summed E-state index contributed by atoms with van der Waals surface area (Å²) in [5.41, 5.74) is 0.614. The lowest BCUT2D eigenvalue weighted by molar-refractivity contribution is 0.0506. The van der Waals surface area contributed by atoms with Crippen molar-refractivity contribution in [1.29, 1.82) is 0 Å². The first-order valence-corrected chi connectivity index (χ1v) is 6.12. The molecule has 1 saturated carbocycles. The lowest BCUT2D eigenvalue weighted by atomic mass is 9.60. The molecule has 0 radical (unpaired) electrons. The lowest BCUT2D eigenvalue weighted by Gasteiger charge is -2.45. The second-order valence-corrected chi connectivity index (χ2v) is 5.34. The predicted molar refractivity (Wildman–Crippen MR) is 59.8 cm³/mol. The van der Waals surface area contributed by atoms with Crippen LogP contribution in [0.2, 0.25) is 0 Å². The van der Waals surface area contributed by atoms with Gasteiger partial charge >= 0.3 is 0 Å². The fourth-order valence-electron chi connectivity index (χ4n) is 3.28. The SMILES string of the molecule is CCCC1CCCC(CC)C1(C)C. The van der Waals surface area contributed by atoms with Crippen LogP contribution in [0.4, 0.5) is 0 Å². The van der Waals surface area contributed by atoms with E-state index in [4.69, 9.17) is 0 Å². The summed E-state index contributed by atoms with van der Waals surface area (Å²) >= 11 is 0. The van der Waals surface area contributed by atoms with Crippen LogP contribution in [0.5, 0.6) is 0 Å². The molecule has 2 unspecified atom stereocenters. The standard InChI is InChI=1S/C13H26/c1-5-8-12-10-7-9-11(6-2)13(12,3)4/h11-12H,5-10H2,1-4H3. The molecule has 0 aliphatic heterocycles. The maximum absolute atomic E-state index is 2.50. The van der Waals surface area contributed by atoms with Crippen molar-refractivity contribution in [3.63, 3.8) is 0 Å². The molecule has 0 saturated heterocycles. The van der Waals surface area contributed by atoms with E-state index < -0.39 is 0 Å². The first-order valence-electron chi connectivity index (χ1n) is 6.12. The van der Waals surface area contributed by atoms with Crippen molar-refractivity contribution in [1.82, 2.24) is 0 Å². The largest absolute Gasteiger partial charge is 0.0654 e. The van der Waals surface area contributed by atoms with Crippen molar-refractivity contribution in [3.05, 3.63) is 0 Å². The molecular weight excluding hydrogens is 156 g/mol. The molecule has 1 aliphatic carbocycles. The van der Waals surface area contributed by atoms with Crippen molar-refractivity contribution in [2.24, 2.45) is 17.3 Å². The Morgan fingerprint density at radius 1 is 1.08 bits per heavy atom. The summed E-state index contributed by atoms with van der Waals surface area (Å²) in [6.45, 7) is 9.69. The van der Waals surface area contributed by atoms with Crippen LogP contribution in [0.15, 0.2) is 0 Å². The van der Waals surface area contributed by atoms with Gasteiger partial charge in [0.05, 0.1) is 0 Å². The van der Waals surface area contributed by atoms with Crippen LogP contribution in [0.25, 0.3) is 0 Å². The fraction of sp³-hybridized carbons (Fsp3) is 1.00. The Balaban J connectivity index is 2.63. The highest BCUT2D eigenvalue weighted by molar-refractivity contribution is 4.88. The molecule has 0 bridgehead atoms. The van der Waals surface area contributed by atoms with Crippen LogP contribution in [-0.2, 0) is 0 Å². The molecule has 2 atom stereocenters. The summed E-state index contributed by atoms with van der Waals surface area (Å²) in [4.78, 5) is 0. The molecular formula is C13H26. The Morgan fingerprint density at radius 3 is 2.23 bits per heavy atom. The molecule has 0 amide bonds. The van der Waals surface area contributed by atoms with Crippen molar-refractivity contribution >= 4 is 0 Å². The smallest absolute Gasteiger partial charge is 0.0298 e. The monoisotopic (exact) mass is 182 g/mol. The third-order valence-electron chi connectivity index (χ3n) is 4.34. The number of hydrogen-bond donors (Lipinski definition) is 0. The molecule has 0 N–H and O–H groups in total. The summed E-state index contributed by atoms with van der Waals surface area (Å²) in [5.74, 6) is 1.98. The zero-order valence-corrected chi connectivity index (χ0v) is 9.90. The minimum Gasteiger partial charge on any atom is -0.0654 e. The predicted octanol–water partition coefficient (Wildman–Crippen LogP) is 4.64. The van der Waals surface area contributed by atoms with E-state index in [2.05, 4.69) is 27.7 Å². The highest BCUT2D eigenvalue weighted by Crippen LogP contribution is 2.48. The summed E-state index contributed by atoms with van der Waals surface area (Å²) in [6.07, 6.45) is 8.63. The summed E-state index contributed by atoms with van der Waals surface area (Å²) in [7, 11) is 0. The minimum absolute atomic E-state index is 0.614. The zero-order valence-electron chi connectivity index (χ0n) is 9.90. The fourth-order valence-corrected chi connectivity index (χ4v) is 3.28. The second kappa shape index (κ2) is 4.48. The zero-order chi connectivity index (χ0) is 9.90. The Hall–Kier alpha value is 0. The van der Waals surface area contributed by atoms with E-state index in [9.17, 15) is 0 Å². The van der Waals surface area contributed by atoms with E-state index in [0.29, 0.717) is 5.41 Å². The molecule has 0 spiro atoms. The van der Waals surface area contributed by atoms with E-state index in [0.717, 1.165) is 11.8 Å². The molecule has 0 aromatic heterocycles. The van der Waals surface area contributed by atoms with Gasteiger partial charge in [-0.1, -0.05) is 53.4 Å². The van der Waals surface area contributed by atoms with Crippen LogP contribution < -0.4 is 0 Å². The molecule has 0 aromatic carbocycles.